The molecule has 88 valence electrons. The average molecular weight is 259 g/mol. The van der Waals surface area contributed by atoms with E-state index >= 15 is 0 Å². The number of carbonyl (C=O) groups is 1. The number of nitrogens with two attached hydrogens (primary N) is 1. The van der Waals surface area contributed by atoms with Gasteiger partial charge in [-0.05, 0) is 0 Å². The van der Waals surface area contributed by atoms with Crippen LogP contribution >= 0.6 is 0 Å². The summed E-state index contributed by atoms with van der Waals surface area (Å²) in [5.74, 6) is 0.110. The van der Waals surface area contributed by atoms with Gasteiger partial charge in [-0.15, -0.1) is 6.07 Å². The summed E-state index contributed by atoms with van der Waals surface area (Å²) in [6.07, 6.45) is 9.26. The zero-order valence-corrected chi connectivity index (χ0v) is 13.5. The fourth-order valence-corrected chi connectivity index (χ4v) is 1.47. The SMILES string of the molecule is COC(=O)[C@@H]1C[CH-]CC1.Nc1cc[c-]nc1.[K+]. The summed E-state index contributed by atoms with van der Waals surface area (Å²) in [5.41, 5.74) is 5.95. The molecule has 1 atom stereocenters. The van der Waals surface area contributed by atoms with Gasteiger partial charge in [-0.1, -0.05) is 24.5 Å². The summed E-state index contributed by atoms with van der Waals surface area (Å²) in [7, 11) is 1.45. The molecule has 4 nitrogen and oxygen atoms in total. The van der Waals surface area contributed by atoms with Crippen molar-refractivity contribution in [1.82, 2.24) is 4.98 Å². The minimum absolute atomic E-state index is 0. The largest absolute Gasteiger partial charge is 1.00 e. The Labute approximate surface area is 145 Å². The third kappa shape index (κ3) is 7.16. The molecule has 1 heterocycles. The second-order valence-corrected chi connectivity index (χ2v) is 3.54. The van der Waals surface area contributed by atoms with Crippen LogP contribution in [0.1, 0.15) is 19.3 Å². The molecule has 0 aromatic carbocycles. The Morgan fingerprint density at radius 1 is 1.71 bits per heavy atom. The van der Waals surface area contributed by atoms with Crippen molar-refractivity contribution in [3.8, 4) is 0 Å². The molecule has 1 aliphatic carbocycles. The molecule has 0 aliphatic heterocycles. The summed E-state index contributed by atoms with van der Waals surface area (Å²) in [5, 5.41) is 0. The number of esters is 1. The van der Waals surface area contributed by atoms with Crippen LogP contribution in [0.5, 0.6) is 0 Å². The van der Waals surface area contributed by atoms with E-state index in [2.05, 4.69) is 22.3 Å². The molecule has 17 heavy (non-hydrogen) atoms. The molecule has 0 spiro atoms. The number of nitrogen functional groups attached to an aromatic ring is 1. The third-order valence-electron chi connectivity index (χ3n) is 2.34. The van der Waals surface area contributed by atoms with Gasteiger partial charge < -0.3 is 21.9 Å². The number of ether oxygens (including phenoxy) is 1. The van der Waals surface area contributed by atoms with E-state index in [-0.39, 0.29) is 63.3 Å². The van der Waals surface area contributed by atoms with E-state index in [1.54, 1.807) is 18.3 Å². The Hall–Kier alpha value is 0.0564. The van der Waals surface area contributed by atoms with Crippen molar-refractivity contribution in [2.24, 2.45) is 5.92 Å². The molecule has 0 unspecified atom stereocenters. The van der Waals surface area contributed by atoms with Crippen molar-refractivity contribution < 1.29 is 60.9 Å². The Balaban J connectivity index is 0.000000292. The van der Waals surface area contributed by atoms with Gasteiger partial charge in [-0.3, -0.25) is 4.79 Å². The number of aromatic nitrogens is 1. The van der Waals surface area contributed by atoms with Crippen molar-refractivity contribution in [2.45, 2.75) is 19.3 Å². The quantitative estimate of drug-likeness (QED) is 0.384. The van der Waals surface area contributed by atoms with E-state index in [1.807, 2.05) is 0 Å². The first kappa shape index (κ1) is 17.1. The maximum atomic E-state index is 10.8. The fourth-order valence-electron chi connectivity index (χ4n) is 1.47. The van der Waals surface area contributed by atoms with Gasteiger partial charge in [-0.25, -0.2) is 0 Å². The number of pyridine rings is 1. The molecule has 1 aliphatic rings. The minimum atomic E-state index is -0.0521. The Morgan fingerprint density at radius 3 is 2.82 bits per heavy atom. The van der Waals surface area contributed by atoms with Gasteiger partial charge in [0.15, 0.2) is 0 Å². The maximum Gasteiger partial charge on any atom is 1.00 e. The van der Waals surface area contributed by atoms with Crippen molar-refractivity contribution in [1.29, 1.82) is 0 Å². The molecule has 1 saturated carbocycles. The first-order valence-electron chi connectivity index (χ1n) is 5.21. The standard InChI is InChI=1S/C7H11O2.C5H5N2.K/c1-9-7(8)6-4-2-3-5-6;6-5-2-1-3-7-4-5;/h2,6H,3-5H2,1H3;1-2,4H,6H2;/q2*-1;+1/t6-;;/m1../s1. The molecule has 0 bridgehead atoms. The molecule has 2 rings (SSSR count). The molecule has 2 N–H and O–H groups in total. The van der Waals surface area contributed by atoms with Crippen LogP contribution in [-0.4, -0.2) is 18.1 Å². The predicted molar refractivity (Wildman–Crippen MR) is 61.1 cm³/mol. The number of nitrogens with zero attached hydrogens (tertiary/aromatic N) is 1. The number of methoxy groups -OCH3 is 1. The molecular formula is C12H16KN2O2-. The molecule has 0 saturated heterocycles. The van der Waals surface area contributed by atoms with E-state index in [0.717, 1.165) is 19.3 Å². The van der Waals surface area contributed by atoms with Crippen LogP contribution in [-0.2, 0) is 9.53 Å². The molecule has 1 fully saturated rings. The summed E-state index contributed by atoms with van der Waals surface area (Å²) in [6.45, 7) is 0. The Bertz CT molecular complexity index is 314. The van der Waals surface area contributed by atoms with Crippen LogP contribution in [0.3, 0.4) is 0 Å². The van der Waals surface area contributed by atoms with Gasteiger partial charge in [0.05, 0.1) is 7.11 Å². The van der Waals surface area contributed by atoms with E-state index in [4.69, 9.17) is 5.73 Å². The average Bonchev–Trinajstić information content (AvgIpc) is 2.83. The molecular weight excluding hydrogens is 243 g/mol. The Kier molecular flexibility index (Phi) is 10.1. The minimum Gasteiger partial charge on any atom is -0.469 e. The van der Waals surface area contributed by atoms with Crippen molar-refractivity contribution in [2.75, 3.05) is 12.8 Å². The van der Waals surface area contributed by atoms with Crippen molar-refractivity contribution >= 4 is 11.7 Å². The van der Waals surface area contributed by atoms with Crippen LogP contribution in [0.2, 0.25) is 0 Å². The van der Waals surface area contributed by atoms with Crippen LogP contribution in [0.15, 0.2) is 18.3 Å². The van der Waals surface area contributed by atoms with Crippen molar-refractivity contribution in [3.05, 3.63) is 30.9 Å². The maximum absolute atomic E-state index is 10.8. The molecule has 1 aromatic heterocycles. The fraction of sp³-hybridized carbons (Fsp3) is 0.417. The van der Waals surface area contributed by atoms with E-state index in [0.29, 0.717) is 5.69 Å². The zero-order chi connectivity index (χ0) is 11.8. The van der Waals surface area contributed by atoms with Gasteiger partial charge in [0.2, 0.25) is 0 Å². The number of rotatable bonds is 1. The number of anilines is 1. The second kappa shape index (κ2) is 10.0. The molecule has 0 amide bonds. The van der Waals surface area contributed by atoms with Gasteiger partial charge in [0, 0.05) is 5.92 Å². The van der Waals surface area contributed by atoms with Gasteiger partial charge in [-0.2, -0.15) is 18.9 Å². The smallest absolute Gasteiger partial charge is 0.469 e. The van der Waals surface area contributed by atoms with Gasteiger partial charge in [0.25, 0.3) is 0 Å². The monoisotopic (exact) mass is 259 g/mol. The first-order valence-corrected chi connectivity index (χ1v) is 5.21. The molecule has 5 heteroatoms. The van der Waals surface area contributed by atoms with Gasteiger partial charge >= 0.3 is 57.4 Å². The van der Waals surface area contributed by atoms with Crippen LogP contribution in [0.25, 0.3) is 0 Å². The second-order valence-electron chi connectivity index (χ2n) is 3.54. The summed E-state index contributed by atoms with van der Waals surface area (Å²) in [4.78, 5) is 14.4. The summed E-state index contributed by atoms with van der Waals surface area (Å²) < 4.78 is 4.58. The number of carbonyl (C=O) groups excluding carboxylic acids is 1. The number of hydrogen-bond acceptors (Lipinski definition) is 4. The topological polar surface area (TPSA) is 65.2 Å². The van der Waals surface area contributed by atoms with Gasteiger partial charge in [0.1, 0.15) is 0 Å². The predicted octanol–water partition coefficient (Wildman–Crippen LogP) is -1.37. The van der Waals surface area contributed by atoms with Crippen LogP contribution in [0.4, 0.5) is 5.69 Å². The van der Waals surface area contributed by atoms with E-state index in [9.17, 15) is 4.79 Å². The van der Waals surface area contributed by atoms with E-state index in [1.165, 1.54) is 7.11 Å². The Morgan fingerprint density at radius 2 is 2.47 bits per heavy atom. The molecule has 0 radical (unpaired) electrons. The molecule has 1 aromatic rings. The number of hydrogen-bond donors (Lipinski definition) is 1. The summed E-state index contributed by atoms with van der Waals surface area (Å²) >= 11 is 0. The third-order valence-corrected chi connectivity index (χ3v) is 2.34. The summed E-state index contributed by atoms with van der Waals surface area (Å²) in [6, 6.07) is 3.42. The normalized spacial score (nSPS) is 17.4. The van der Waals surface area contributed by atoms with Crippen molar-refractivity contribution in [3.63, 3.8) is 0 Å². The first-order chi connectivity index (χ1) is 7.74. The van der Waals surface area contributed by atoms with Crippen LogP contribution < -0.4 is 57.1 Å². The van der Waals surface area contributed by atoms with Crippen LogP contribution in [0, 0.1) is 18.5 Å². The van der Waals surface area contributed by atoms with E-state index < -0.39 is 0 Å². The zero-order valence-electron chi connectivity index (χ0n) is 10.3.